The Morgan fingerprint density at radius 1 is 0.944 bits per heavy atom. The molecular weight excluding hydrogens is 550 g/mol. The molecular formula is C26H25BrClN3O5. The van der Waals surface area contributed by atoms with Crippen LogP contribution in [0, 0.1) is 0 Å². The van der Waals surface area contributed by atoms with Crippen molar-refractivity contribution in [3.63, 3.8) is 0 Å². The fraction of sp³-hybridized carbons (Fsp3) is 0.192. The van der Waals surface area contributed by atoms with Crippen molar-refractivity contribution in [3.05, 3.63) is 81.3 Å². The average molecular weight is 575 g/mol. The number of anilines is 1. The maximum Gasteiger partial charge on any atom is 0.329 e. The van der Waals surface area contributed by atoms with E-state index in [0.717, 1.165) is 5.56 Å². The number of nitrogens with one attached hydrogen (secondary N) is 2. The topological polar surface area (TPSA) is 98.2 Å². The number of benzene rings is 3. The molecule has 3 aromatic rings. The predicted molar refractivity (Wildman–Crippen MR) is 143 cm³/mol. The number of hydrogen-bond acceptors (Lipinski definition) is 6. The van der Waals surface area contributed by atoms with Crippen molar-refractivity contribution in [1.82, 2.24) is 5.43 Å². The molecule has 0 atom stereocenters. The molecule has 0 fully saturated rings. The van der Waals surface area contributed by atoms with E-state index < -0.39 is 11.8 Å². The Morgan fingerprint density at radius 3 is 2.31 bits per heavy atom. The van der Waals surface area contributed by atoms with Crippen LogP contribution in [0.25, 0.3) is 0 Å². The highest BCUT2D eigenvalue weighted by Gasteiger charge is 2.14. The van der Waals surface area contributed by atoms with Crippen LogP contribution in [0.5, 0.6) is 17.2 Å². The van der Waals surface area contributed by atoms with Gasteiger partial charge in [-0.15, -0.1) is 0 Å². The van der Waals surface area contributed by atoms with Gasteiger partial charge >= 0.3 is 11.8 Å². The van der Waals surface area contributed by atoms with E-state index in [1.807, 2.05) is 26.0 Å². The maximum atomic E-state index is 12.1. The molecule has 188 valence electrons. The lowest BCUT2D eigenvalue weighted by molar-refractivity contribution is -0.136. The van der Waals surface area contributed by atoms with Crippen molar-refractivity contribution in [3.8, 4) is 17.2 Å². The number of amides is 2. The highest BCUT2D eigenvalue weighted by atomic mass is 79.9. The molecule has 3 rings (SSSR count). The number of halogens is 2. The van der Waals surface area contributed by atoms with E-state index in [4.69, 9.17) is 25.8 Å². The smallest absolute Gasteiger partial charge is 0.329 e. The van der Waals surface area contributed by atoms with E-state index in [1.54, 1.807) is 48.5 Å². The molecule has 0 aliphatic carbocycles. The van der Waals surface area contributed by atoms with Crippen LogP contribution in [0.4, 0.5) is 5.69 Å². The van der Waals surface area contributed by atoms with Gasteiger partial charge in [-0.3, -0.25) is 9.59 Å². The number of nitrogens with zero attached hydrogens (tertiary/aromatic N) is 1. The van der Waals surface area contributed by atoms with E-state index >= 15 is 0 Å². The van der Waals surface area contributed by atoms with Crippen LogP contribution in [-0.4, -0.2) is 31.2 Å². The second-order valence-corrected chi connectivity index (χ2v) is 8.58. The number of hydrazone groups is 1. The van der Waals surface area contributed by atoms with Gasteiger partial charge in [0.25, 0.3) is 0 Å². The van der Waals surface area contributed by atoms with Gasteiger partial charge in [-0.25, -0.2) is 5.43 Å². The van der Waals surface area contributed by atoms with Gasteiger partial charge in [0.05, 0.1) is 23.9 Å². The zero-order valence-electron chi connectivity index (χ0n) is 19.7. The summed E-state index contributed by atoms with van der Waals surface area (Å²) in [5, 5.41) is 7.03. The third-order valence-corrected chi connectivity index (χ3v) is 5.48. The van der Waals surface area contributed by atoms with Crippen LogP contribution in [0.3, 0.4) is 0 Å². The van der Waals surface area contributed by atoms with Gasteiger partial charge in [0.1, 0.15) is 12.4 Å². The first-order valence-corrected chi connectivity index (χ1v) is 12.3. The van der Waals surface area contributed by atoms with Gasteiger partial charge < -0.3 is 19.5 Å². The molecule has 0 saturated carbocycles. The van der Waals surface area contributed by atoms with Crippen LogP contribution in [0.15, 0.2) is 70.2 Å². The van der Waals surface area contributed by atoms with Crippen molar-refractivity contribution >= 4 is 51.2 Å². The summed E-state index contributed by atoms with van der Waals surface area (Å²) < 4.78 is 17.7. The Balaban J connectivity index is 1.61. The summed E-state index contributed by atoms with van der Waals surface area (Å²) in [5.41, 5.74) is 4.25. The molecule has 0 bridgehead atoms. The molecule has 0 heterocycles. The number of carbonyl (C=O) groups is 2. The molecule has 0 aromatic heterocycles. The SMILES string of the molecule is CCOc1ccc(NC(=O)C(=O)N/N=C/c2cc(Br)c(OCc3ccc(Cl)cc3)c(OCC)c2)cc1. The molecule has 36 heavy (non-hydrogen) atoms. The third-order valence-electron chi connectivity index (χ3n) is 4.64. The summed E-state index contributed by atoms with van der Waals surface area (Å²) in [7, 11) is 0. The maximum absolute atomic E-state index is 12.1. The summed E-state index contributed by atoms with van der Waals surface area (Å²) in [6, 6.07) is 17.5. The van der Waals surface area contributed by atoms with Crippen molar-refractivity contribution in [2.24, 2.45) is 5.10 Å². The van der Waals surface area contributed by atoms with E-state index in [1.165, 1.54) is 6.21 Å². The standard InChI is InChI=1S/C26H25BrClN3O5/c1-3-34-21-11-9-20(10-12-21)30-25(32)26(33)31-29-15-18-13-22(27)24(23(14-18)35-4-2)36-16-17-5-7-19(28)8-6-17/h5-15H,3-4,16H2,1-2H3,(H,30,32)(H,31,33)/b29-15+. The Kier molecular flexibility index (Phi) is 10.1. The Bertz CT molecular complexity index is 1220. The highest BCUT2D eigenvalue weighted by Crippen LogP contribution is 2.37. The molecule has 0 saturated heterocycles. The normalized spacial score (nSPS) is 10.7. The molecule has 0 aliphatic heterocycles. The second kappa shape index (κ2) is 13.5. The van der Waals surface area contributed by atoms with Crippen LogP contribution in [-0.2, 0) is 16.2 Å². The molecule has 0 aliphatic rings. The highest BCUT2D eigenvalue weighted by molar-refractivity contribution is 9.10. The fourth-order valence-electron chi connectivity index (χ4n) is 3.01. The van der Waals surface area contributed by atoms with Crippen molar-refractivity contribution in [2.45, 2.75) is 20.5 Å². The van der Waals surface area contributed by atoms with Crippen molar-refractivity contribution in [2.75, 3.05) is 18.5 Å². The fourth-order valence-corrected chi connectivity index (χ4v) is 3.71. The molecule has 10 heteroatoms. The van der Waals surface area contributed by atoms with Gasteiger partial charge in [-0.1, -0.05) is 23.7 Å². The first kappa shape index (κ1) is 27.0. The quantitative estimate of drug-likeness (QED) is 0.187. The lowest BCUT2D eigenvalue weighted by Crippen LogP contribution is -2.32. The largest absolute Gasteiger partial charge is 0.494 e. The van der Waals surface area contributed by atoms with E-state index in [9.17, 15) is 9.59 Å². The van der Waals surface area contributed by atoms with Gasteiger partial charge in [-0.05, 0) is 89.4 Å². The first-order valence-electron chi connectivity index (χ1n) is 11.1. The van der Waals surface area contributed by atoms with Crippen LogP contribution in [0.1, 0.15) is 25.0 Å². The van der Waals surface area contributed by atoms with Crippen LogP contribution < -0.4 is 25.0 Å². The van der Waals surface area contributed by atoms with Gasteiger partial charge in [0, 0.05) is 10.7 Å². The number of rotatable bonds is 10. The lowest BCUT2D eigenvalue weighted by Gasteiger charge is -2.14. The predicted octanol–water partition coefficient (Wildman–Crippen LogP) is 5.57. The van der Waals surface area contributed by atoms with Crippen LogP contribution in [0.2, 0.25) is 5.02 Å². The van der Waals surface area contributed by atoms with Crippen molar-refractivity contribution in [1.29, 1.82) is 0 Å². The minimum absolute atomic E-state index is 0.322. The van der Waals surface area contributed by atoms with Crippen LogP contribution >= 0.6 is 27.5 Å². The van der Waals surface area contributed by atoms with E-state index in [0.29, 0.717) is 57.8 Å². The monoisotopic (exact) mass is 573 g/mol. The zero-order chi connectivity index (χ0) is 25.9. The Morgan fingerprint density at radius 2 is 1.64 bits per heavy atom. The van der Waals surface area contributed by atoms with Gasteiger partial charge in [0.2, 0.25) is 0 Å². The minimum Gasteiger partial charge on any atom is -0.494 e. The van der Waals surface area contributed by atoms with Crippen molar-refractivity contribution < 1.29 is 23.8 Å². The Hall–Kier alpha value is -3.56. The first-order chi connectivity index (χ1) is 17.4. The molecule has 2 N–H and O–H groups in total. The molecule has 2 amide bonds. The molecule has 8 nitrogen and oxygen atoms in total. The minimum atomic E-state index is -0.910. The van der Waals surface area contributed by atoms with Gasteiger partial charge in [-0.2, -0.15) is 5.10 Å². The summed E-state index contributed by atoms with van der Waals surface area (Å²) in [6.07, 6.45) is 1.40. The van der Waals surface area contributed by atoms with Gasteiger partial charge in [0.15, 0.2) is 11.5 Å². The molecule has 0 radical (unpaired) electrons. The summed E-state index contributed by atoms with van der Waals surface area (Å²) >= 11 is 9.44. The average Bonchev–Trinajstić information content (AvgIpc) is 2.86. The third kappa shape index (κ3) is 8.00. The van der Waals surface area contributed by atoms with E-state index in [2.05, 4.69) is 31.8 Å². The Labute approximate surface area is 222 Å². The second-order valence-electron chi connectivity index (χ2n) is 7.29. The zero-order valence-corrected chi connectivity index (χ0v) is 22.1. The summed E-state index contributed by atoms with van der Waals surface area (Å²) in [6.45, 7) is 5.02. The number of ether oxygens (including phenoxy) is 3. The lowest BCUT2D eigenvalue weighted by atomic mass is 10.2. The molecule has 0 unspecified atom stereocenters. The van der Waals surface area contributed by atoms with E-state index in [-0.39, 0.29) is 0 Å². The molecule has 0 spiro atoms. The number of hydrogen-bond donors (Lipinski definition) is 2. The summed E-state index contributed by atoms with van der Waals surface area (Å²) in [4.78, 5) is 24.2. The number of carbonyl (C=O) groups excluding carboxylic acids is 2. The molecule has 3 aromatic carbocycles. The summed E-state index contributed by atoms with van der Waals surface area (Å²) in [5.74, 6) is -0.0568.